The van der Waals surface area contributed by atoms with E-state index in [1.807, 2.05) is 59.8 Å². The molecule has 6 aromatic rings. The van der Waals surface area contributed by atoms with Gasteiger partial charge in [0.1, 0.15) is 38.8 Å². The van der Waals surface area contributed by atoms with Crippen LogP contribution in [0.2, 0.25) is 0 Å². The van der Waals surface area contributed by atoms with Crippen LogP contribution in [0.15, 0.2) is 48.0 Å². The maximum absolute atomic E-state index is 13.1. The largest absolute Gasteiger partial charge is 0.497 e. The average Bonchev–Trinajstić information content (AvgIpc) is 3.86. The predicted molar refractivity (Wildman–Crippen MR) is 177 cm³/mol. The summed E-state index contributed by atoms with van der Waals surface area (Å²) in [4.78, 5) is 32.4. The zero-order chi connectivity index (χ0) is 30.9. The van der Waals surface area contributed by atoms with Gasteiger partial charge in [-0.25, -0.2) is 19.5 Å². The number of aryl methyl sites for hydroxylation is 1. The Labute approximate surface area is 271 Å². The van der Waals surface area contributed by atoms with Crippen molar-refractivity contribution in [1.29, 1.82) is 0 Å². The first-order chi connectivity index (χ1) is 22.0. The van der Waals surface area contributed by atoms with Crippen LogP contribution in [0.5, 0.6) is 11.5 Å². The van der Waals surface area contributed by atoms with Crippen LogP contribution < -0.4 is 9.47 Å². The lowest BCUT2D eigenvalue weighted by Crippen LogP contribution is -2.48. The molecule has 0 unspecified atom stereocenters. The van der Waals surface area contributed by atoms with Crippen LogP contribution in [0.1, 0.15) is 27.5 Å². The standard InChI is InChI=1S/C31H31N7O4S3/c1-19-35-38-16-25(34-31(38)44-19)29-33-24-14-23(41-2)15-26(27(24)45-29)42-17-22-18-43-28(32-22)20-4-6-21(7-5-20)30(40)37-11-9-36(10-12-37)8-3-13-39/h4-7,14-16,18,39H,3,8-13,17H2,1-2H3. The topological polar surface area (TPSA) is 118 Å². The number of hydrogen-bond acceptors (Lipinski definition) is 12. The van der Waals surface area contributed by atoms with E-state index in [9.17, 15) is 4.79 Å². The molecule has 1 aliphatic rings. The number of methoxy groups -OCH3 is 1. The van der Waals surface area contributed by atoms with Crippen molar-refractivity contribution in [3.05, 3.63) is 64.2 Å². The number of hydrogen-bond donors (Lipinski definition) is 1. The number of thiazole rings is 2. The van der Waals surface area contributed by atoms with Crippen LogP contribution in [-0.4, -0.2) is 91.8 Å². The van der Waals surface area contributed by atoms with E-state index in [0.29, 0.717) is 30.2 Å². The van der Waals surface area contributed by atoms with E-state index in [-0.39, 0.29) is 19.1 Å². The van der Waals surface area contributed by atoms with Gasteiger partial charge in [-0.1, -0.05) is 23.5 Å². The second kappa shape index (κ2) is 12.8. The van der Waals surface area contributed by atoms with Gasteiger partial charge in [-0.05, 0) is 25.5 Å². The van der Waals surface area contributed by atoms with E-state index in [2.05, 4.69) is 10.00 Å². The summed E-state index contributed by atoms with van der Waals surface area (Å²) in [6.45, 7) is 6.38. The SMILES string of the molecule is COc1cc(OCc2csc(-c3ccc(C(=O)N4CCN(CCCO)CC4)cc3)n2)c2sc(-c3cn4nc(C)sc4n3)nc2c1. The predicted octanol–water partition coefficient (Wildman–Crippen LogP) is 5.23. The number of aromatic nitrogens is 5. The van der Waals surface area contributed by atoms with Crippen LogP contribution in [0, 0.1) is 6.92 Å². The van der Waals surface area contributed by atoms with Crippen molar-refractivity contribution in [2.24, 2.45) is 0 Å². The smallest absolute Gasteiger partial charge is 0.253 e. The molecule has 0 bridgehead atoms. The van der Waals surface area contributed by atoms with Crippen molar-refractivity contribution in [3.8, 4) is 32.8 Å². The second-order valence-electron chi connectivity index (χ2n) is 10.7. The first-order valence-electron chi connectivity index (χ1n) is 14.6. The van der Waals surface area contributed by atoms with E-state index >= 15 is 0 Å². The lowest BCUT2D eigenvalue weighted by Gasteiger charge is -2.34. The lowest BCUT2D eigenvalue weighted by atomic mass is 10.1. The van der Waals surface area contributed by atoms with E-state index < -0.39 is 0 Å². The monoisotopic (exact) mass is 661 g/mol. The molecule has 45 heavy (non-hydrogen) atoms. The van der Waals surface area contributed by atoms with Gasteiger partial charge in [0.15, 0.2) is 0 Å². The maximum Gasteiger partial charge on any atom is 0.253 e. The number of ether oxygens (including phenoxy) is 2. The number of piperazine rings is 1. The van der Waals surface area contributed by atoms with Gasteiger partial charge in [0.05, 0.1) is 29.2 Å². The van der Waals surface area contributed by atoms with Crippen LogP contribution in [0.4, 0.5) is 0 Å². The number of rotatable bonds is 10. The Morgan fingerprint density at radius 2 is 1.84 bits per heavy atom. The molecule has 232 valence electrons. The van der Waals surface area contributed by atoms with Crippen molar-refractivity contribution in [1.82, 2.24) is 34.4 Å². The van der Waals surface area contributed by atoms with Gasteiger partial charge in [-0.15, -0.1) is 22.7 Å². The number of benzene rings is 2. The Morgan fingerprint density at radius 3 is 2.60 bits per heavy atom. The van der Waals surface area contributed by atoms with Crippen LogP contribution in [0.25, 0.3) is 36.5 Å². The molecule has 7 rings (SSSR count). The first-order valence-corrected chi connectivity index (χ1v) is 17.1. The zero-order valence-electron chi connectivity index (χ0n) is 24.8. The Morgan fingerprint density at radius 1 is 1.02 bits per heavy atom. The fourth-order valence-corrected chi connectivity index (χ4v) is 7.78. The van der Waals surface area contributed by atoms with Crippen molar-refractivity contribution >= 4 is 55.1 Å². The molecule has 11 nitrogen and oxygen atoms in total. The summed E-state index contributed by atoms with van der Waals surface area (Å²) < 4.78 is 14.5. The maximum atomic E-state index is 13.1. The molecule has 0 saturated carbocycles. The van der Waals surface area contributed by atoms with E-state index in [4.69, 9.17) is 29.5 Å². The normalized spacial score (nSPS) is 14.1. The third-order valence-electron chi connectivity index (χ3n) is 7.63. The summed E-state index contributed by atoms with van der Waals surface area (Å²) in [6.07, 6.45) is 2.66. The van der Waals surface area contributed by atoms with Gasteiger partial charge in [-0.2, -0.15) is 5.10 Å². The fourth-order valence-electron chi connectivity index (χ4n) is 5.28. The Bertz CT molecular complexity index is 1920. The van der Waals surface area contributed by atoms with Crippen LogP contribution >= 0.6 is 34.0 Å². The summed E-state index contributed by atoms with van der Waals surface area (Å²) in [6, 6.07) is 11.4. The Hall–Kier alpha value is -3.95. The number of aliphatic hydroxyl groups is 1. The molecule has 0 radical (unpaired) electrons. The molecule has 1 aliphatic heterocycles. The minimum Gasteiger partial charge on any atom is -0.497 e. The van der Waals surface area contributed by atoms with E-state index in [1.54, 1.807) is 34.3 Å². The highest BCUT2D eigenvalue weighted by molar-refractivity contribution is 7.22. The Balaban J connectivity index is 1.02. The molecule has 5 heterocycles. The van der Waals surface area contributed by atoms with Gasteiger partial charge in [0.2, 0.25) is 4.96 Å². The highest BCUT2D eigenvalue weighted by Gasteiger charge is 2.22. The summed E-state index contributed by atoms with van der Waals surface area (Å²) in [7, 11) is 1.63. The van der Waals surface area contributed by atoms with Crippen molar-refractivity contribution < 1.29 is 19.4 Å². The third-order valence-corrected chi connectivity index (χ3v) is 10.5. The number of amides is 1. The first kappa shape index (κ1) is 29.7. The molecule has 14 heteroatoms. The number of imidazole rings is 1. The van der Waals surface area contributed by atoms with Crippen molar-refractivity contribution in [2.45, 2.75) is 20.0 Å². The molecular formula is C31H31N7O4S3. The van der Waals surface area contributed by atoms with Crippen LogP contribution in [0.3, 0.4) is 0 Å². The summed E-state index contributed by atoms with van der Waals surface area (Å²) >= 11 is 4.61. The second-order valence-corrected chi connectivity index (χ2v) is 13.7. The third kappa shape index (κ3) is 6.29. The van der Waals surface area contributed by atoms with Gasteiger partial charge in [0.25, 0.3) is 5.91 Å². The summed E-state index contributed by atoms with van der Waals surface area (Å²) in [5.74, 6) is 1.39. The van der Waals surface area contributed by atoms with E-state index in [1.165, 1.54) is 11.3 Å². The molecule has 1 amide bonds. The number of carbonyl (C=O) groups excluding carboxylic acids is 1. The molecule has 1 fully saturated rings. The molecule has 1 saturated heterocycles. The van der Waals surface area contributed by atoms with E-state index in [0.717, 1.165) is 73.2 Å². The average molecular weight is 662 g/mol. The molecule has 0 atom stereocenters. The minimum atomic E-state index is 0.0481. The zero-order valence-corrected chi connectivity index (χ0v) is 27.3. The van der Waals surface area contributed by atoms with Crippen molar-refractivity contribution in [2.75, 3.05) is 46.4 Å². The molecular weight excluding hydrogens is 631 g/mol. The molecule has 0 spiro atoms. The molecule has 4 aromatic heterocycles. The Kier molecular flexibility index (Phi) is 8.47. The van der Waals surface area contributed by atoms with Gasteiger partial charge in [0, 0.05) is 68.0 Å². The molecule has 2 aromatic carbocycles. The number of fused-ring (bicyclic) bond motifs is 2. The highest BCUT2D eigenvalue weighted by atomic mass is 32.1. The highest BCUT2D eigenvalue weighted by Crippen LogP contribution is 2.39. The quantitative estimate of drug-likeness (QED) is 0.211. The van der Waals surface area contributed by atoms with Gasteiger partial charge < -0.3 is 19.5 Å². The number of nitrogens with zero attached hydrogens (tertiary/aromatic N) is 7. The number of aliphatic hydroxyl groups excluding tert-OH is 1. The van der Waals surface area contributed by atoms with Gasteiger partial charge in [-0.3, -0.25) is 9.69 Å². The fraction of sp³-hybridized carbons (Fsp3) is 0.323. The summed E-state index contributed by atoms with van der Waals surface area (Å²) in [5.41, 5.74) is 3.99. The number of carbonyl (C=O) groups is 1. The molecule has 0 aliphatic carbocycles. The molecule has 1 N–H and O–H groups in total. The van der Waals surface area contributed by atoms with Crippen molar-refractivity contribution in [3.63, 3.8) is 0 Å². The lowest BCUT2D eigenvalue weighted by molar-refractivity contribution is 0.0629. The minimum absolute atomic E-state index is 0.0481. The summed E-state index contributed by atoms with van der Waals surface area (Å²) in [5, 5.41) is 18.1. The van der Waals surface area contributed by atoms with Crippen LogP contribution in [-0.2, 0) is 6.61 Å². The van der Waals surface area contributed by atoms with Gasteiger partial charge >= 0.3 is 0 Å².